The number of amides is 1. The van der Waals surface area contributed by atoms with Gasteiger partial charge in [0.15, 0.2) is 11.6 Å². The molecule has 19 heavy (non-hydrogen) atoms. The topological polar surface area (TPSA) is 72.6 Å². The normalized spacial score (nSPS) is 10.2. The lowest BCUT2D eigenvalue weighted by atomic mass is 10.2. The second kappa shape index (κ2) is 5.49. The van der Waals surface area contributed by atoms with Crippen LogP contribution < -0.4 is 10.5 Å². The van der Waals surface area contributed by atoms with E-state index in [4.69, 9.17) is 15.6 Å². The Morgan fingerprint density at radius 3 is 2.42 bits per heavy atom. The van der Waals surface area contributed by atoms with Crippen LogP contribution in [0.5, 0.6) is 11.5 Å². The van der Waals surface area contributed by atoms with Gasteiger partial charge in [0.2, 0.25) is 5.91 Å². The number of aliphatic hydroxyl groups is 1. The quantitative estimate of drug-likeness (QED) is 0.886. The summed E-state index contributed by atoms with van der Waals surface area (Å²) < 4.78 is 19.0. The van der Waals surface area contributed by atoms with Crippen LogP contribution in [-0.4, -0.2) is 11.0 Å². The Bertz CT molecular complexity index is 596. The Balaban J connectivity index is 2.20. The number of benzene rings is 2. The fourth-order valence-electron chi connectivity index (χ4n) is 1.53. The lowest BCUT2D eigenvalue weighted by Gasteiger charge is -2.08. The number of carbonyl (C=O) groups excluding carboxylic acids is 1. The molecule has 0 spiro atoms. The third-order valence-corrected chi connectivity index (χ3v) is 2.55. The van der Waals surface area contributed by atoms with Gasteiger partial charge in [0, 0.05) is 5.56 Å². The molecular formula is C14H12FNO3. The van der Waals surface area contributed by atoms with Crippen LogP contribution in [0.3, 0.4) is 0 Å². The molecule has 0 heterocycles. The van der Waals surface area contributed by atoms with Gasteiger partial charge < -0.3 is 15.6 Å². The van der Waals surface area contributed by atoms with Gasteiger partial charge in [0.1, 0.15) is 5.75 Å². The van der Waals surface area contributed by atoms with E-state index in [1.807, 2.05) is 0 Å². The van der Waals surface area contributed by atoms with Crippen molar-refractivity contribution in [1.82, 2.24) is 0 Å². The average Bonchev–Trinajstić information content (AvgIpc) is 2.41. The molecule has 1 amide bonds. The lowest BCUT2D eigenvalue weighted by molar-refractivity contribution is 0.1000. The van der Waals surface area contributed by atoms with E-state index in [0.717, 1.165) is 11.6 Å². The molecule has 4 nitrogen and oxygen atoms in total. The average molecular weight is 261 g/mol. The molecule has 0 aliphatic heterocycles. The molecular weight excluding hydrogens is 249 g/mol. The van der Waals surface area contributed by atoms with Gasteiger partial charge in [-0.3, -0.25) is 4.79 Å². The molecule has 0 aliphatic carbocycles. The number of halogens is 1. The number of hydrogen-bond acceptors (Lipinski definition) is 3. The van der Waals surface area contributed by atoms with E-state index in [9.17, 15) is 9.18 Å². The summed E-state index contributed by atoms with van der Waals surface area (Å²) in [6, 6.07) is 10.3. The number of carbonyl (C=O) groups is 1. The van der Waals surface area contributed by atoms with Gasteiger partial charge in [-0.15, -0.1) is 0 Å². The van der Waals surface area contributed by atoms with Crippen LogP contribution in [0.15, 0.2) is 42.5 Å². The molecule has 2 rings (SSSR count). The van der Waals surface area contributed by atoms with Crippen molar-refractivity contribution in [2.24, 2.45) is 5.73 Å². The fraction of sp³-hybridized carbons (Fsp3) is 0.0714. The van der Waals surface area contributed by atoms with Gasteiger partial charge in [0.25, 0.3) is 0 Å². The van der Waals surface area contributed by atoms with Crippen LogP contribution in [0.25, 0.3) is 0 Å². The van der Waals surface area contributed by atoms with Crippen LogP contribution in [0, 0.1) is 5.82 Å². The van der Waals surface area contributed by atoms with E-state index >= 15 is 0 Å². The van der Waals surface area contributed by atoms with Crippen LogP contribution in [0.4, 0.5) is 4.39 Å². The highest BCUT2D eigenvalue weighted by Crippen LogP contribution is 2.25. The van der Waals surface area contributed by atoms with E-state index in [-0.39, 0.29) is 17.9 Å². The van der Waals surface area contributed by atoms with Crippen molar-refractivity contribution in [2.45, 2.75) is 6.61 Å². The van der Waals surface area contributed by atoms with E-state index in [1.54, 1.807) is 24.3 Å². The first kappa shape index (κ1) is 13.0. The second-order valence-electron chi connectivity index (χ2n) is 3.91. The van der Waals surface area contributed by atoms with Crippen molar-refractivity contribution in [3.8, 4) is 11.5 Å². The predicted octanol–water partition coefficient (Wildman–Crippen LogP) is 2.21. The summed E-state index contributed by atoms with van der Waals surface area (Å²) in [6.07, 6.45) is 0. The lowest BCUT2D eigenvalue weighted by Crippen LogP contribution is -2.11. The number of nitrogens with two attached hydrogens (primary N) is 1. The highest BCUT2D eigenvalue weighted by Gasteiger charge is 2.08. The molecule has 98 valence electrons. The van der Waals surface area contributed by atoms with Crippen molar-refractivity contribution < 1.29 is 19.0 Å². The third kappa shape index (κ3) is 3.08. The second-order valence-corrected chi connectivity index (χ2v) is 3.91. The zero-order valence-electron chi connectivity index (χ0n) is 9.97. The smallest absolute Gasteiger partial charge is 0.248 e. The molecule has 5 heteroatoms. The molecule has 0 fully saturated rings. The maximum atomic E-state index is 13.7. The molecule has 0 unspecified atom stereocenters. The Labute approximate surface area is 109 Å². The van der Waals surface area contributed by atoms with Gasteiger partial charge in [-0.2, -0.15) is 0 Å². The summed E-state index contributed by atoms with van der Waals surface area (Å²) in [7, 11) is 0. The van der Waals surface area contributed by atoms with Gasteiger partial charge >= 0.3 is 0 Å². The highest BCUT2D eigenvalue weighted by atomic mass is 19.1. The molecule has 2 aromatic rings. The van der Waals surface area contributed by atoms with Crippen LogP contribution in [0.1, 0.15) is 15.9 Å². The first-order valence-electron chi connectivity index (χ1n) is 5.57. The molecule has 0 atom stereocenters. The van der Waals surface area contributed by atoms with Gasteiger partial charge in [-0.05, 0) is 35.9 Å². The van der Waals surface area contributed by atoms with Crippen molar-refractivity contribution in [3.05, 3.63) is 59.4 Å². The minimum Gasteiger partial charge on any atom is -0.454 e. The van der Waals surface area contributed by atoms with Crippen LogP contribution in [-0.2, 0) is 6.61 Å². The van der Waals surface area contributed by atoms with Gasteiger partial charge in [-0.1, -0.05) is 12.1 Å². The third-order valence-electron chi connectivity index (χ3n) is 2.55. The molecule has 0 aliphatic rings. The minimum absolute atomic E-state index is 0.00162. The number of primary amides is 1. The van der Waals surface area contributed by atoms with Gasteiger partial charge in [0.05, 0.1) is 6.61 Å². The van der Waals surface area contributed by atoms with Gasteiger partial charge in [-0.25, -0.2) is 4.39 Å². The fourth-order valence-corrected chi connectivity index (χ4v) is 1.53. The molecule has 2 aromatic carbocycles. The molecule has 0 aromatic heterocycles. The molecule has 0 radical (unpaired) electrons. The summed E-state index contributed by atoms with van der Waals surface area (Å²) in [4.78, 5) is 10.9. The van der Waals surface area contributed by atoms with E-state index in [2.05, 4.69) is 0 Å². The van der Waals surface area contributed by atoms with Crippen molar-refractivity contribution >= 4 is 5.91 Å². The first-order chi connectivity index (χ1) is 9.10. The number of aliphatic hydroxyl groups excluding tert-OH is 1. The maximum Gasteiger partial charge on any atom is 0.248 e. The number of hydrogen-bond donors (Lipinski definition) is 2. The van der Waals surface area contributed by atoms with Crippen molar-refractivity contribution in [1.29, 1.82) is 0 Å². The monoisotopic (exact) mass is 261 g/mol. The summed E-state index contributed by atoms with van der Waals surface area (Å²) >= 11 is 0. The highest BCUT2D eigenvalue weighted by molar-refractivity contribution is 5.92. The summed E-state index contributed by atoms with van der Waals surface area (Å²) in [5.41, 5.74) is 5.86. The molecule has 3 N–H and O–H groups in total. The van der Waals surface area contributed by atoms with Crippen LogP contribution >= 0.6 is 0 Å². The zero-order valence-corrected chi connectivity index (χ0v) is 9.97. The Morgan fingerprint density at radius 1 is 1.21 bits per heavy atom. The first-order valence-corrected chi connectivity index (χ1v) is 5.57. The number of ether oxygens (including phenoxy) is 1. The summed E-state index contributed by atoms with van der Waals surface area (Å²) in [6.45, 7) is -0.0675. The molecule has 0 bridgehead atoms. The van der Waals surface area contributed by atoms with E-state index < -0.39 is 11.7 Å². The standard InChI is InChI=1S/C14H12FNO3/c15-12-7-10(14(16)18)3-6-13(12)19-11-4-1-9(8-17)2-5-11/h1-7,17H,8H2,(H2,16,18). The Morgan fingerprint density at radius 2 is 1.89 bits per heavy atom. The summed E-state index contributed by atoms with van der Waals surface area (Å²) in [5, 5.41) is 8.90. The predicted molar refractivity (Wildman–Crippen MR) is 67.4 cm³/mol. The van der Waals surface area contributed by atoms with Crippen LogP contribution in [0.2, 0.25) is 0 Å². The molecule has 0 saturated heterocycles. The Kier molecular flexibility index (Phi) is 3.77. The largest absolute Gasteiger partial charge is 0.454 e. The van der Waals surface area contributed by atoms with E-state index in [0.29, 0.717) is 5.75 Å². The minimum atomic E-state index is -0.697. The Hall–Kier alpha value is -2.40. The maximum absolute atomic E-state index is 13.7. The van der Waals surface area contributed by atoms with Crippen molar-refractivity contribution in [2.75, 3.05) is 0 Å². The summed E-state index contributed by atoms with van der Waals surface area (Å²) in [5.74, 6) is -0.926. The number of rotatable bonds is 4. The van der Waals surface area contributed by atoms with Crippen molar-refractivity contribution in [3.63, 3.8) is 0 Å². The molecule has 0 saturated carbocycles. The SMILES string of the molecule is NC(=O)c1ccc(Oc2ccc(CO)cc2)c(F)c1. The zero-order chi connectivity index (χ0) is 13.8. The van der Waals surface area contributed by atoms with E-state index in [1.165, 1.54) is 12.1 Å².